The Hall–Kier alpha value is -4.35. The van der Waals surface area contributed by atoms with Crippen LogP contribution in [-0.4, -0.2) is 4.92 Å². The summed E-state index contributed by atoms with van der Waals surface area (Å²) in [5.41, 5.74) is 1.49. The third-order valence-electron chi connectivity index (χ3n) is 3.36. The zero-order chi connectivity index (χ0) is 19.1. The predicted octanol–water partition coefficient (Wildman–Crippen LogP) is 3.88. The largest absolute Gasteiger partial charge is 0.354 e. The van der Waals surface area contributed by atoms with Gasteiger partial charge in [0, 0.05) is 17.8 Å². The molecular weight excluding hydrogens is 332 g/mol. The van der Waals surface area contributed by atoms with Crippen LogP contribution >= 0.6 is 0 Å². The molecule has 2 aromatic rings. The maximum Gasteiger partial charge on any atom is 0.271 e. The van der Waals surface area contributed by atoms with Crippen LogP contribution in [0.15, 0.2) is 53.7 Å². The van der Waals surface area contributed by atoms with Crippen LogP contribution in [0.1, 0.15) is 5.56 Å². The second-order valence-electron chi connectivity index (χ2n) is 5.19. The summed E-state index contributed by atoms with van der Waals surface area (Å²) in [6.45, 7) is 1.92. The standard InChI is InChI=1S/C18H12N6O2/c1-12-3-2-4-14(7-12)22-16-6-5-15(24(25)26)8-17(16)23-18(11-21)13(9-19)10-20/h2-8,22-23H,1H3. The van der Waals surface area contributed by atoms with Gasteiger partial charge in [-0.05, 0) is 30.7 Å². The van der Waals surface area contributed by atoms with Gasteiger partial charge in [-0.15, -0.1) is 0 Å². The molecule has 0 heterocycles. The Morgan fingerprint density at radius 1 is 1.04 bits per heavy atom. The molecule has 0 saturated carbocycles. The molecule has 8 nitrogen and oxygen atoms in total. The summed E-state index contributed by atoms with van der Waals surface area (Å²) < 4.78 is 0. The molecule has 2 aromatic carbocycles. The first-order valence-corrected chi connectivity index (χ1v) is 7.32. The smallest absolute Gasteiger partial charge is 0.271 e. The molecule has 26 heavy (non-hydrogen) atoms. The third kappa shape index (κ3) is 4.14. The molecule has 0 aromatic heterocycles. The summed E-state index contributed by atoms with van der Waals surface area (Å²) in [5.74, 6) is 0. The Morgan fingerprint density at radius 3 is 2.35 bits per heavy atom. The van der Waals surface area contributed by atoms with Crippen LogP contribution in [0, 0.1) is 51.0 Å². The highest BCUT2D eigenvalue weighted by Gasteiger charge is 2.14. The van der Waals surface area contributed by atoms with Gasteiger partial charge in [0.1, 0.15) is 23.9 Å². The molecule has 0 fully saturated rings. The molecule has 0 bridgehead atoms. The first-order valence-electron chi connectivity index (χ1n) is 7.32. The number of benzene rings is 2. The molecular formula is C18H12N6O2. The van der Waals surface area contributed by atoms with Gasteiger partial charge in [-0.2, -0.15) is 15.8 Å². The van der Waals surface area contributed by atoms with Gasteiger partial charge in [-0.3, -0.25) is 10.1 Å². The van der Waals surface area contributed by atoms with Gasteiger partial charge in [0.2, 0.25) is 0 Å². The number of nitro groups is 1. The molecule has 126 valence electrons. The zero-order valence-corrected chi connectivity index (χ0v) is 13.6. The Morgan fingerprint density at radius 2 is 1.77 bits per heavy atom. The van der Waals surface area contributed by atoms with Crippen molar-refractivity contribution in [3.05, 3.63) is 69.4 Å². The normalized spacial score (nSPS) is 9.15. The minimum absolute atomic E-state index is 0.195. The highest BCUT2D eigenvalue weighted by molar-refractivity contribution is 5.79. The molecule has 8 heteroatoms. The zero-order valence-electron chi connectivity index (χ0n) is 13.6. The number of nitrogens with one attached hydrogen (secondary N) is 2. The van der Waals surface area contributed by atoms with Gasteiger partial charge in [0.15, 0.2) is 5.57 Å². The third-order valence-corrected chi connectivity index (χ3v) is 3.36. The van der Waals surface area contributed by atoms with Crippen LogP contribution in [0.25, 0.3) is 0 Å². The number of rotatable bonds is 5. The summed E-state index contributed by atoms with van der Waals surface area (Å²) >= 11 is 0. The van der Waals surface area contributed by atoms with Gasteiger partial charge >= 0.3 is 0 Å². The number of non-ortho nitro benzene ring substituents is 1. The molecule has 2 N–H and O–H groups in total. The lowest BCUT2D eigenvalue weighted by Crippen LogP contribution is -2.04. The van der Waals surface area contributed by atoms with E-state index in [1.165, 1.54) is 18.2 Å². The van der Waals surface area contributed by atoms with E-state index < -0.39 is 10.5 Å². The van der Waals surface area contributed by atoms with E-state index in [2.05, 4.69) is 10.6 Å². The quantitative estimate of drug-likeness (QED) is 0.476. The number of aryl methyl sites for hydroxylation is 1. The van der Waals surface area contributed by atoms with Crippen molar-refractivity contribution in [1.29, 1.82) is 15.8 Å². The van der Waals surface area contributed by atoms with Crippen molar-refractivity contribution in [3.63, 3.8) is 0 Å². The van der Waals surface area contributed by atoms with E-state index >= 15 is 0 Å². The summed E-state index contributed by atoms with van der Waals surface area (Å²) in [4.78, 5) is 10.5. The van der Waals surface area contributed by atoms with Crippen LogP contribution in [0.5, 0.6) is 0 Å². The fourth-order valence-corrected chi connectivity index (χ4v) is 2.15. The predicted molar refractivity (Wildman–Crippen MR) is 95.0 cm³/mol. The van der Waals surface area contributed by atoms with Crippen LogP contribution in [0.3, 0.4) is 0 Å². The number of nitriles is 3. The molecule has 0 unspecified atom stereocenters. The summed E-state index contributed by atoms with van der Waals surface area (Å²) in [6, 6.07) is 16.4. The van der Waals surface area contributed by atoms with Crippen LogP contribution in [-0.2, 0) is 0 Å². The lowest BCUT2D eigenvalue weighted by atomic mass is 10.1. The monoisotopic (exact) mass is 344 g/mol. The Bertz CT molecular complexity index is 1010. The topological polar surface area (TPSA) is 139 Å². The average Bonchev–Trinajstić information content (AvgIpc) is 2.62. The molecule has 0 amide bonds. The van der Waals surface area contributed by atoms with Crippen molar-refractivity contribution in [1.82, 2.24) is 0 Å². The maximum absolute atomic E-state index is 11.0. The Labute approximate surface area is 149 Å². The lowest BCUT2D eigenvalue weighted by Gasteiger charge is -2.14. The van der Waals surface area contributed by atoms with Gasteiger partial charge in [0.25, 0.3) is 5.69 Å². The number of hydrogen-bond donors (Lipinski definition) is 2. The number of hydrogen-bond acceptors (Lipinski definition) is 7. The van der Waals surface area contributed by atoms with Crippen molar-refractivity contribution in [3.8, 4) is 18.2 Å². The van der Waals surface area contributed by atoms with Crippen molar-refractivity contribution < 1.29 is 4.92 Å². The van der Waals surface area contributed by atoms with Crippen molar-refractivity contribution in [2.24, 2.45) is 0 Å². The average molecular weight is 344 g/mol. The van der Waals surface area contributed by atoms with E-state index in [0.29, 0.717) is 5.69 Å². The maximum atomic E-state index is 11.0. The van der Waals surface area contributed by atoms with Crippen LogP contribution < -0.4 is 10.6 Å². The lowest BCUT2D eigenvalue weighted by molar-refractivity contribution is -0.384. The SMILES string of the molecule is Cc1cccc(Nc2ccc([N+](=O)[O-])cc2NC(C#N)=C(C#N)C#N)c1. The summed E-state index contributed by atoms with van der Waals surface area (Å²) in [6.07, 6.45) is 0. The van der Waals surface area contributed by atoms with Crippen molar-refractivity contribution >= 4 is 22.7 Å². The number of allylic oxidation sites excluding steroid dienone is 2. The van der Waals surface area contributed by atoms with E-state index in [1.807, 2.05) is 31.2 Å². The second kappa shape index (κ2) is 7.96. The summed E-state index contributed by atoms with van der Waals surface area (Å²) in [7, 11) is 0. The number of nitro benzene ring substituents is 1. The first-order chi connectivity index (χ1) is 12.5. The molecule has 0 atom stereocenters. The molecule has 2 rings (SSSR count). The highest BCUT2D eigenvalue weighted by atomic mass is 16.6. The van der Waals surface area contributed by atoms with Crippen LogP contribution in [0.2, 0.25) is 0 Å². The van der Waals surface area contributed by atoms with Gasteiger partial charge in [-0.25, -0.2) is 0 Å². The van der Waals surface area contributed by atoms with E-state index in [0.717, 1.165) is 11.3 Å². The van der Waals surface area contributed by atoms with E-state index in [9.17, 15) is 15.4 Å². The fraction of sp³-hybridized carbons (Fsp3) is 0.0556. The van der Waals surface area contributed by atoms with Crippen molar-refractivity contribution in [2.75, 3.05) is 10.6 Å². The van der Waals surface area contributed by atoms with Gasteiger partial charge in [0.05, 0.1) is 16.3 Å². The number of anilines is 3. The minimum atomic E-state index is -0.577. The van der Waals surface area contributed by atoms with Crippen molar-refractivity contribution in [2.45, 2.75) is 6.92 Å². The minimum Gasteiger partial charge on any atom is -0.354 e. The molecule has 0 aliphatic carbocycles. The molecule has 0 aliphatic rings. The Balaban J connectivity index is 2.51. The van der Waals surface area contributed by atoms with Gasteiger partial charge in [-0.1, -0.05) is 12.1 Å². The highest BCUT2D eigenvalue weighted by Crippen LogP contribution is 2.31. The van der Waals surface area contributed by atoms with E-state index in [-0.39, 0.29) is 17.1 Å². The fourth-order valence-electron chi connectivity index (χ4n) is 2.15. The Kier molecular flexibility index (Phi) is 5.51. The molecule has 0 saturated heterocycles. The number of nitrogens with zero attached hydrogens (tertiary/aromatic N) is 4. The first kappa shape index (κ1) is 18.0. The van der Waals surface area contributed by atoms with E-state index in [4.69, 9.17) is 10.5 Å². The summed E-state index contributed by atoms with van der Waals surface area (Å²) in [5, 5.41) is 43.8. The van der Waals surface area contributed by atoms with E-state index in [1.54, 1.807) is 18.2 Å². The molecule has 0 spiro atoms. The molecule has 0 radical (unpaired) electrons. The van der Waals surface area contributed by atoms with Crippen LogP contribution in [0.4, 0.5) is 22.7 Å². The van der Waals surface area contributed by atoms with Gasteiger partial charge < -0.3 is 10.6 Å². The second-order valence-corrected chi connectivity index (χ2v) is 5.19. The molecule has 0 aliphatic heterocycles.